The summed E-state index contributed by atoms with van der Waals surface area (Å²) in [5, 5.41) is 4.86. The molecular weight excluding hydrogens is 737 g/mol. The number of hydrogen-bond acceptors (Lipinski definition) is 8. The molecule has 0 radical (unpaired) electrons. The van der Waals surface area contributed by atoms with Gasteiger partial charge in [0.1, 0.15) is 0 Å². The van der Waals surface area contributed by atoms with E-state index in [0.29, 0.717) is 25.7 Å². The third kappa shape index (κ3) is 9.18. The molecule has 12 nitrogen and oxygen atoms in total. The van der Waals surface area contributed by atoms with Gasteiger partial charge in [-0.1, -0.05) is 19.1 Å². The number of hydrogen-bond donors (Lipinski definition) is 4. The third-order valence-corrected chi connectivity index (χ3v) is 16.5. The van der Waals surface area contributed by atoms with Crippen LogP contribution in [0.15, 0.2) is 12.1 Å². The molecule has 0 saturated carbocycles. The monoisotopic (exact) mass is 796 g/mol. The lowest BCUT2D eigenvalue weighted by atomic mass is 9.99. The summed E-state index contributed by atoms with van der Waals surface area (Å²) in [6, 6.07) is 3.38. The summed E-state index contributed by atoms with van der Waals surface area (Å²) in [5.74, 6) is 0. The number of benzene rings is 2. The summed E-state index contributed by atoms with van der Waals surface area (Å²) in [7, 11) is -5.34. The summed E-state index contributed by atoms with van der Waals surface area (Å²) >= 11 is 0. The molecule has 8 rings (SSSR count). The zero-order valence-electron chi connectivity index (χ0n) is 32.7. The highest BCUT2D eigenvalue weighted by molar-refractivity contribution is 7.91. The Morgan fingerprint density at radius 2 is 0.964 bits per heavy atom. The van der Waals surface area contributed by atoms with Crippen LogP contribution >= 0.6 is 0 Å². The zero-order chi connectivity index (χ0) is 38.7. The van der Waals surface area contributed by atoms with Gasteiger partial charge in [-0.25, -0.2) is 35.9 Å². The minimum Gasteiger partial charge on any atom is -0.307 e. The molecule has 2 aliphatic heterocycles. The van der Waals surface area contributed by atoms with Crippen LogP contribution < -0.4 is 20.1 Å². The Balaban J connectivity index is 0.000000169. The highest BCUT2D eigenvalue weighted by Gasteiger charge is 2.33. The summed E-state index contributed by atoms with van der Waals surface area (Å²) in [4.78, 5) is 29.7. The summed E-state index contributed by atoms with van der Waals surface area (Å²) < 4.78 is 55.7. The Kier molecular flexibility index (Phi) is 12.5. The lowest BCUT2D eigenvalue weighted by Crippen LogP contribution is -2.41. The zero-order valence-corrected chi connectivity index (χ0v) is 34.4. The van der Waals surface area contributed by atoms with Gasteiger partial charge in [0.05, 0.1) is 10.5 Å². The second kappa shape index (κ2) is 17.1. The van der Waals surface area contributed by atoms with E-state index in [0.717, 1.165) is 134 Å². The Hall–Kier alpha value is -3.20. The number of nitrogens with zero attached hydrogens (tertiary/aromatic N) is 2. The van der Waals surface area contributed by atoms with Crippen molar-refractivity contribution in [3.05, 3.63) is 56.6 Å². The number of carbonyl (C=O) groups is 2. The van der Waals surface area contributed by atoms with Gasteiger partial charge < -0.3 is 20.4 Å². The molecule has 302 valence electrons. The maximum atomic E-state index is 12.8. The molecule has 14 heteroatoms. The second-order valence-corrected chi connectivity index (χ2v) is 20.4. The Morgan fingerprint density at radius 1 is 0.564 bits per heavy atom. The van der Waals surface area contributed by atoms with Crippen LogP contribution in [-0.2, 0) is 71.4 Å². The number of nitrogens with one attached hydrogen (secondary N) is 4. The average molecular weight is 797 g/mol. The minimum absolute atomic E-state index is 0.498. The first kappa shape index (κ1) is 40.0. The third-order valence-electron chi connectivity index (χ3n) is 12.9. The summed E-state index contributed by atoms with van der Waals surface area (Å²) in [6.07, 6.45) is 16.5. The molecule has 2 unspecified atom stereocenters. The standard InChI is InChI=1S/C21H31N3O3S.C20H29N3O3S/c1-2-24-12-5-8-17(11-13-24)28(26,27)23-21(25)22-20-18-9-3-6-15(18)14-16-7-4-10-19(16)20;1-23-11-4-7-16(10-12-23)27(25,26)22-20(24)21-19-17-8-2-5-14(17)13-15-6-3-9-18(15)19/h14,17H,2-13H2,1H3,(H2,22,23,25);13,16H,2-12H2,1H3,(H2,21,22,24). The molecule has 4 N–H and O–H groups in total. The Labute approximate surface area is 328 Å². The molecule has 0 aromatic heterocycles. The van der Waals surface area contributed by atoms with Gasteiger partial charge in [0.2, 0.25) is 20.0 Å². The molecule has 4 aliphatic carbocycles. The molecule has 4 amide bonds. The van der Waals surface area contributed by atoms with Crippen molar-refractivity contribution in [3.8, 4) is 0 Å². The van der Waals surface area contributed by atoms with E-state index in [2.05, 4.69) is 48.9 Å². The van der Waals surface area contributed by atoms with Crippen LogP contribution in [0.25, 0.3) is 0 Å². The number of amides is 4. The quantitative estimate of drug-likeness (QED) is 0.283. The Bertz CT molecular complexity index is 1940. The number of sulfonamides is 2. The van der Waals surface area contributed by atoms with Gasteiger partial charge in [0.25, 0.3) is 0 Å². The van der Waals surface area contributed by atoms with Crippen LogP contribution in [0, 0.1) is 0 Å². The minimum atomic E-state index is -3.67. The fourth-order valence-corrected chi connectivity index (χ4v) is 12.6. The van der Waals surface area contributed by atoms with Gasteiger partial charge in [-0.05, 0) is 200 Å². The number of likely N-dealkylation sites (tertiary alicyclic amines) is 2. The van der Waals surface area contributed by atoms with Crippen molar-refractivity contribution in [2.45, 2.75) is 133 Å². The van der Waals surface area contributed by atoms with Crippen LogP contribution in [0.1, 0.15) is 116 Å². The fraction of sp³-hybridized carbons (Fsp3) is 0.659. The van der Waals surface area contributed by atoms with Crippen molar-refractivity contribution in [1.29, 1.82) is 0 Å². The van der Waals surface area contributed by atoms with Gasteiger partial charge in [-0.15, -0.1) is 0 Å². The molecule has 2 saturated heterocycles. The summed E-state index contributed by atoms with van der Waals surface area (Å²) in [5.41, 5.74) is 11.9. The number of carbonyl (C=O) groups excluding carboxylic acids is 2. The van der Waals surface area contributed by atoms with E-state index in [1.165, 1.54) is 44.5 Å². The predicted octanol–water partition coefficient (Wildman–Crippen LogP) is 5.59. The average Bonchev–Trinajstić information content (AvgIpc) is 3.94. The molecule has 55 heavy (non-hydrogen) atoms. The molecule has 2 heterocycles. The van der Waals surface area contributed by atoms with Crippen LogP contribution in [-0.4, -0.2) is 89.0 Å². The van der Waals surface area contributed by atoms with Crippen molar-refractivity contribution >= 4 is 43.5 Å². The number of aryl methyl sites for hydroxylation is 4. The number of anilines is 2. The first-order valence-electron chi connectivity index (χ1n) is 20.8. The molecule has 2 atom stereocenters. The highest BCUT2D eigenvalue weighted by atomic mass is 32.2. The van der Waals surface area contributed by atoms with Crippen LogP contribution in [0.5, 0.6) is 0 Å². The molecule has 0 bridgehead atoms. The second-order valence-electron chi connectivity index (χ2n) is 16.5. The number of urea groups is 2. The first-order chi connectivity index (χ1) is 26.4. The van der Waals surface area contributed by atoms with E-state index < -0.39 is 42.6 Å². The fourth-order valence-electron chi connectivity index (χ4n) is 9.91. The normalized spacial score (nSPS) is 22.6. The Morgan fingerprint density at radius 3 is 1.38 bits per heavy atom. The molecule has 0 spiro atoms. The molecule has 2 fully saturated rings. The molecule has 2 aromatic carbocycles. The lowest BCUT2D eigenvalue weighted by Gasteiger charge is -2.19. The topological polar surface area (TPSA) is 157 Å². The maximum absolute atomic E-state index is 12.8. The van der Waals surface area contributed by atoms with Crippen molar-refractivity contribution < 1.29 is 26.4 Å². The van der Waals surface area contributed by atoms with Crippen molar-refractivity contribution in [3.63, 3.8) is 0 Å². The van der Waals surface area contributed by atoms with E-state index in [9.17, 15) is 26.4 Å². The highest BCUT2D eigenvalue weighted by Crippen LogP contribution is 2.40. The van der Waals surface area contributed by atoms with Gasteiger partial charge in [-0.3, -0.25) is 0 Å². The van der Waals surface area contributed by atoms with E-state index in [1.54, 1.807) is 0 Å². The smallest absolute Gasteiger partial charge is 0.307 e. The first-order valence-corrected chi connectivity index (χ1v) is 23.9. The number of rotatable bonds is 7. The lowest BCUT2D eigenvalue weighted by molar-refractivity contribution is 0.255. The predicted molar refractivity (Wildman–Crippen MR) is 218 cm³/mol. The van der Waals surface area contributed by atoms with Crippen molar-refractivity contribution in [1.82, 2.24) is 19.2 Å². The number of fused-ring (bicyclic) bond motifs is 4. The van der Waals surface area contributed by atoms with E-state index >= 15 is 0 Å². The van der Waals surface area contributed by atoms with Crippen LogP contribution in [0.4, 0.5) is 21.0 Å². The van der Waals surface area contributed by atoms with Crippen molar-refractivity contribution in [2.75, 3.05) is 50.4 Å². The van der Waals surface area contributed by atoms with Gasteiger partial charge in [0.15, 0.2) is 0 Å². The van der Waals surface area contributed by atoms with E-state index in [4.69, 9.17) is 0 Å². The molecule has 2 aromatic rings. The van der Waals surface area contributed by atoms with Crippen LogP contribution in [0.3, 0.4) is 0 Å². The van der Waals surface area contributed by atoms with E-state index in [-0.39, 0.29) is 0 Å². The van der Waals surface area contributed by atoms with Crippen LogP contribution in [0.2, 0.25) is 0 Å². The van der Waals surface area contributed by atoms with Gasteiger partial charge in [0, 0.05) is 11.4 Å². The van der Waals surface area contributed by atoms with E-state index in [1.807, 2.05) is 7.05 Å². The van der Waals surface area contributed by atoms with Gasteiger partial charge in [-0.2, -0.15) is 0 Å². The molecular formula is C41H60N6O6S2. The van der Waals surface area contributed by atoms with Crippen molar-refractivity contribution in [2.24, 2.45) is 0 Å². The van der Waals surface area contributed by atoms with Gasteiger partial charge >= 0.3 is 12.1 Å². The summed E-state index contributed by atoms with van der Waals surface area (Å²) in [6.45, 7) is 6.37. The SMILES string of the molecule is CCN1CCCC(S(=O)(=O)NC(=O)Nc2c3c(cc4c2CCC4)CCC3)CC1.CN1CCCC(S(=O)(=O)NC(=O)Nc2c3c(cc4c2CCC4)CCC3)CC1. The largest absolute Gasteiger partial charge is 0.332 e. The maximum Gasteiger partial charge on any atom is 0.332 e. The molecule has 6 aliphatic rings.